The van der Waals surface area contributed by atoms with Crippen molar-refractivity contribution in [3.8, 4) is 10.7 Å². The van der Waals surface area contributed by atoms with Gasteiger partial charge in [0.25, 0.3) is 0 Å². The quantitative estimate of drug-likeness (QED) is 0.817. The van der Waals surface area contributed by atoms with Gasteiger partial charge < -0.3 is 0 Å². The van der Waals surface area contributed by atoms with E-state index in [2.05, 4.69) is 46.1 Å². The van der Waals surface area contributed by atoms with E-state index in [1.807, 2.05) is 0 Å². The van der Waals surface area contributed by atoms with Crippen molar-refractivity contribution < 1.29 is 0 Å². The lowest BCUT2D eigenvalue weighted by atomic mass is 9.79. The number of aromatic amines is 1. The molecule has 102 valence electrons. The van der Waals surface area contributed by atoms with Crippen molar-refractivity contribution in [3.63, 3.8) is 0 Å². The fourth-order valence-corrected chi connectivity index (χ4v) is 4.20. The van der Waals surface area contributed by atoms with E-state index in [4.69, 9.17) is 12.2 Å². The number of thiophene rings is 1. The highest BCUT2D eigenvalue weighted by atomic mass is 32.1. The van der Waals surface area contributed by atoms with Crippen molar-refractivity contribution in [2.24, 2.45) is 11.8 Å². The Morgan fingerprint density at radius 2 is 2.26 bits per heavy atom. The summed E-state index contributed by atoms with van der Waals surface area (Å²) in [5.74, 6) is 2.50. The molecule has 1 aliphatic carbocycles. The Morgan fingerprint density at radius 3 is 2.95 bits per heavy atom. The molecule has 0 spiro atoms. The fourth-order valence-electron chi connectivity index (χ4n) is 3.22. The van der Waals surface area contributed by atoms with Gasteiger partial charge in [0.1, 0.15) is 0 Å². The van der Waals surface area contributed by atoms with E-state index < -0.39 is 0 Å². The topological polar surface area (TPSA) is 33.6 Å². The standard InChI is InChI=1S/C14H19N3S2/c1-9-5-6-11(10(2)8-9)17-13(15-16-14(17)18)12-4-3-7-19-12/h3-4,7,9-11H,5-6,8H2,1-2H3,(H,16,18). The lowest BCUT2D eigenvalue weighted by Crippen LogP contribution is -2.25. The Hall–Kier alpha value is -0.940. The normalized spacial score (nSPS) is 27.6. The summed E-state index contributed by atoms with van der Waals surface area (Å²) in [5, 5.41) is 9.51. The molecule has 2 aromatic rings. The van der Waals surface area contributed by atoms with Gasteiger partial charge in [0.15, 0.2) is 10.6 Å². The van der Waals surface area contributed by atoms with Crippen LogP contribution in [0.5, 0.6) is 0 Å². The van der Waals surface area contributed by atoms with Crippen LogP contribution in [0.15, 0.2) is 17.5 Å². The molecule has 0 bridgehead atoms. The predicted molar refractivity (Wildman–Crippen MR) is 81.9 cm³/mol. The third-order valence-electron chi connectivity index (χ3n) is 4.16. The molecule has 1 N–H and O–H groups in total. The summed E-state index contributed by atoms with van der Waals surface area (Å²) in [4.78, 5) is 1.19. The van der Waals surface area contributed by atoms with Crippen LogP contribution in [0.4, 0.5) is 0 Å². The highest BCUT2D eigenvalue weighted by molar-refractivity contribution is 7.71. The lowest BCUT2D eigenvalue weighted by molar-refractivity contribution is 0.207. The maximum absolute atomic E-state index is 5.46. The number of hydrogen-bond acceptors (Lipinski definition) is 3. The Labute approximate surface area is 122 Å². The Morgan fingerprint density at radius 1 is 1.42 bits per heavy atom. The van der Waals surface area contributed by atoms with Crippen LogP contribution >= 0.6 is 23.6 Å². The number of hydrogen-bond donors (Lipinski definition) is 1. The Balaban J connectivity index is 2.01. The summed E-state index contributed by atoms with van der Waals surface area (Å²) in [5.41, 5.74) is 0. The van der Waals surface area contributed by atoms with Crippen molar-refractivity contribution in [3.05, 3.63) is 22.3 Å². The highest BCUT2D eigenvalue weighted by Crippen LogP contribution is 2.39. The molecule has 3 unspecified atom stereocenters. The number of H-pyrrole nitrogens is 1. The maximum atomic E-state index is 5.46. The van der Waals surface area contributed by atoms with Gasteiger partial charge in [-0.05, 0) is 54.8 Å². The summed E-state index contributed by atoms with van der Waals surface area (Å²) in [6, 6.07) is 4.66. The van der Waals surface area contributed by atoms with Crippen molar-refractivity contribution in [1.29, 1.82) is 0 Å². The van der Waals surface area contributed by atoms with Gasteiger partial charge >= 0.3 is 0 Å². The van der Waals surface area contributed by atoms with Gasteiger partial charge in [-0.25, -0.2) is 0 Å². The molecule has 0 saturated heterocycles. The van der Waals surface area contributed by atoms with Gasteiger partial charge in [0.05, 0.1) is 4.88 Å². The monoisotopic (exact) mass is 293 g/mol. The van der Waals surface area contributed by atoms with Gasteiger partial charge in [-0.1, -0.05) is 19.9 Å². The minimum atomic E-state index is 0.486. The van der Waals surface area contributed by atoms with E-state index in [-0.39, 0.29) is 0 Å². The van der Waals surface area contributed by atoms with Gasteiger partial charge in [0, 0.05) is 6.04 Å². The van der Waals surface area contributed by atoms with Crippen LogP contribution in [0.2, 0.25) is 0 Å². The van der Waals surface area contributed by atoms with Gasteiger partial charge in [-0.3, -0.25) is 9.67 Å². The minimum Gasteiger partial charge on any atom is -0.296 e. The number of nitrogens with zero attached hydrogens (tertiary/aromatic N) is 2. The summed E-state index contributed by atoms with van der Waals surface area (Å²) < 4.78 is 3.01. The van der Waals surface area contributed by atoms with Crippen LogP contribution in [0, 0.1) is 16.6 Å². The molecule has 2 aromatic heterocycles. The van der Waals surface area contributed by atoms with Gasteiger partial charge in [-0.2, -0.15) is 5.10 Å². The zero-order valence-corrected chi connectivity index (χ0v) is 12.9. The molecule has 1 fully saturated rings. The second kappa shape index (κ2) is 5.21. The first-order chi connectivity index (χ1) is 9.16. The average molecular weight is 293 g/mol. The van der Waals surface area contributed by atoms with E-state index in [9.17, 15) is 0 Å². The molecule has 3 atom stereocenters. The predicted octanol–water partition coefficient (Wildman–Crippen LogP) is 4.67. The number of aromatic nitrogens is 3. The zero-order chi connectivity index (χ0) is 13.4. The number of nitrogens with one attached hydrogen (secondary N) is 1. The Kier molecular flexibility index (Phi) is 3.58. The third-order valence-corrected chi connectivity index (χ3v) is 5.32. The van der Waals surface area contributed by atoms with Gasteiger partial charge in [0.2, 0.25) is 0 Å². The van der Waals surface area contributed by atoms with Crippen LogP contribution in [-0.2, 0) is 0 Å². The lowest BCUT2D eigenvalue weighted by Gasteiger charge is -2.33. The first-order valence-electron chi connectivity index (χ1n) is 6.87. The van der Waals surface area contributed by atoms with Gasteiger partial charge in [-0.15, -0.1) is 11.3 Å². The minimum absolute atomic E-state index is 0.486. The van der Waals surface area contributed by atoms with Crippen LogP contribution in [-0.4, -0.2) is 14.8 Å². The fraction of sp³-hybridized carbons (Fsp3) is 0.571. The summed E-state index contributed by atoms with van der Waals surface area (Å²) in [6.45, 7) is 4.69. The first kappa shape index (κ1) is 13.1. The largest absolute Gasteiger partial charge is 0.296 e. The molecule has 5 heteroatoms. The molecule has 1 aliphatic rings. The highest BCUT2D eigenvalue weighted by Gasteiger charge is 2.29. The van der Waals surface area contributed by atoms with Crippen molar-refractivity contribution in [1.82, 2.24) is 14.8 Å². The molecular formula is C14H19N3S2. The maximum Gasteiger partial charge on any atom is 0.195 e. The van der Waals surface area contributed by atoms with Crippen LogP contribution in [0.25, 0.3) is 10.7 Å². The van der Waals surface area contributed by atoms with E-state index in [1.165, 1.54) is 24.1 Å². The molecule has 3 nitrogen and oxygen atoms in total. The molecule has 0 aliphatic heterocycles. The van der Waals surface area contributed by atoms with Crippen LogP contribution < -0.4 is 0 Å². The second-order valence-corrected chi connectivity index (χ2v) is 7.00. The molecule has 0 aromatic carbocycles. The summed E-state index contributed by atoms with van der Waals surface area (Å²) in [7, 11) is 0. The second-order valence-electron chi connectivity index (χ2n) is 5.66. The first-order valence-corrected chi connectivity index (χ1v) is 8.16. The molecule has 1 saturated carbocycles. The Bertz CT molecular complexity index is 596. The molecule has 3 rings (SSSR count). The van der Waals surface area contributed by atoms with Crippen molar-refractivity contribution in [2.45, 2.75) is 39.2 Å². The van der Waals surface area contributed by atoms with E-state index in [0.29, 0.717) is 12.0 Å². The van der Waals surface area contributed by atoms with Crippen molar-refractivity contribution in [2.75, 3.05) is 0 Å². The number of rotatable bonds is 2. The van der Waals surface area contributed by atoms with Crippen LogP contribution in [0.1, 0.15) is 39.2 Å². The van der Waals surface area contributed by atoms with Crippen LogP contribution in [0.3, 0.4) is 0 Å². The SMILES string of the molecule is CC1CCC(n2c(-c3cccs3)n[nH]c2=S)C(C)C1. The molecule has 0 amide bonds. The summed E-state index contributed by atoms with van der Waals surface area (Å²) in [6.07, 6.45) is 3.77. The average Bonchev–Trinajstić information content (AvgIpc) is 2.99. The summed E-state index contributed by atoms with van der Waals surface area (Å²) >= 11 is 7.18. The van der Waals surface area contributed by atoms with E-state index in [1.54, 1.807) is 11.3 Å². The smallest absolute Gasteiger partial charge is 0.195 e. The third kappa shape index (κ3) is 2.41. The molecule has 0 radical (unpaired) electrons. The zero-order valence-electron chi connectivity index (χ0n) is 11.3. The van der Waals surface area contributed by atoms with Crippen molar-refractivity contribution >= 4 is 23.6 Å². The molecule has 2 heterocycles. The molecule has 19 heavy (non-hydrogen) atoms. The van der Waals surface area contributed by atoms with E-state index in [0.717, 1.165) is 16.5 Å². The molecular weight excluding hydrogens is 274 g/mol. The van der Waals surface area contributed by atoms with E-state index >= 15 is 0 Å².